The van der Waals surface area contributed by atoms with Crippen molar-refractivity contribution >= 4 is 5.91 Å². The third-order valence-corrected chi connectivity index (χ3v) is 3.85. The van der Waals surface area contributed by atoms with Crippen LogP contribution in [0.1, 0.15) is 26.2 Å². The van der Waals surface area contributed by atoms with E-state index in [0.29, 0.717) is 18.6 Å². The van der Waals surface area contributed by atoms with Gasteiger partial charge in [-0.3, -0.25) is 9.69 Å². The third kappa shape index (κ3) is 2.99. The zero-order valence-electron chi connectivity index (χ0n) is 10.4. The lowest BCUT2D eigenvalue weighted by molar-refractivity contribution is -0.125. The van der Waals surface area contributed by atoms with Crippen LogP contribution in [0.15, 0.2) is 0 Å². The summed E-state index contributed by atoms with van der Waals surface area (Å²) in [6, 6.07) is 1.14. The monoisotopic (exact) mass is 235 g/mol. The Labute approximate surface area is 103 Å². The van der Waals surface area contributed by atoms with Crippen LogP contribution in [0.5, 0.6) is 0 Å². The molecule has 0 aromatic heterocycles. The highest BCUT2D eigenvalue weighted by Crippen LogP contribution is 2.21. The molecular formula is C13H21N3O. The van der Waals surface area contributed by atoms with Crippen LogP contribution in [0.25, 0.3) is 0 Å². The maximum atomic E-state index is 11.9. The molecule has 1 amide bonds. The van der Waals surface area contributed by atoms with Crippen LogP contribution in [0.3, 0.4) is 0 Å². The first-order valence-electron chi connectivity index (χ1n) is 6.42. The number of hydrogen-bond acceptors (Lipinski definition) is 3. The molecule has 0 aliphatic carbocycles. The van der Waals surface area contributed by atoms with E-state index in [1.807, 2.05) is 6.92 Å². The van der Waals surface area contributed by atoms with Crippen LogP contribution in [0, 0.1) is 12.3 Å². The summed E-state index contributed by atoms with van der Waals surface area (Å²) < 4.78 is 0. The molecular weight excluding hydrogens is 214 g/mol. The van der Waals surface area contributed by atoms with Gasteiger partial charge in [-0.05, 0) is 26.2 Å². The number of hydrogen-bond donors (Lipinski definition) is 2. The number of nitrogens with zero attached hydrogens (tertiary/aromatic N) is 1. The minimum Gasteiger partial charge on any atom is -0.344 e. The summed E-state index contributed by atoms with van der Waals surface area (Å²) in [6.45, 7) is 4.26. The van der Waals surface area contributed by atoms with E-state index >= 15 is 0 Å². The summed E-state index contributed by atoms with van der Waals surface area (Å²) in [5.41, 5.74) is 0. The summed E-state index contributed by atoms with van der Waals surface area (Å²) in [5, 5.41) is 6.37. The fourth-order valence-corrected chi connectivity index (χ4v) is 2.77. The molecule has 0 aromatic rings. The molecule has 2 aliphatic rings. The maximum absolute atomic E-state index is 11.9. The second-order valence-electron chi connectivity index (χ2n) is 5.02. The van der Waals surface area contributed by atoms with E-state index in [-0.39, 0.29) is 11.9 Å². The number of rotatable bonds is 3. The molecule has 0 saturated carbocycles. The van der Waals surface area contributed by atoms with Crippen molar-refractivity contribution in [3.05, 3.63) is 0 Å². The van der Waals surface area contributed by atoms with Gasteiger partial charge in [0.05, 0.1) is 12.6 Å². The van der Waals surface area contributed by atoms with E-state index in [1.54, 1.807) is 0 Å². The van der Waals surface area contributed by atoms with Crippen LogP contribution in [-0.4, -0.2) is 48.6 Å². The molecule has 4 nitrogen and oxygen atoms in total. The molecule has 3 atom stereocenters. The van der Waals surface area contributed by atoms with Crippen LogP contribution >= 0.6 is 0 Å². The van der Waals surface area contributed by atoms with E-state index in [1.165, 1.54) is 12.8 Å². The van der Waals surface area contributed by atoms with Crippen molar-refractivity contribution in [3.8, 4) is 12.3 Å². The van der Waals surface area contributed by atoms with Gasteiger partial charge in [0, 0.05) is 25.2 Å². The van der Waals surface area contributed by atoms with Crippen molar-refractivity contribution in [3.63, 3.8) is 0 Å². The first kappa shape index (κ1) is 12.4. The lowest BCUT2D eigenvalue weighted by Gasteiger charge is -2.29. The van der Waals surface area contributed by atoms with Gasteiger partial charge in [0.2, 0.25) is 5.91 Å². The first-order valence-corrected chi connectivity index (χ1v) is 6.42. The predicted octanol–water partition coefficient (Wildman–Crippen LogP) is -0.0494. The number of carbonyl (C=O) groups is 1. The highest BCUT2D eigenvalue weighted by molar-refractivity contribution is 5.81. The van der Waals surface area contributed by atoms with Gasteiger partial charge >= 0.3 is 0 Å². The van der Waals surface area contributed by atoms with Crippen molar-refractivity contribution in [2.45, 2.75) is 44.3 Å². The minimum atomic E-state index is -0.0792. The average Bonchev–Trinajstić information content (AvgIpc) is 2.65. The maximum Gasteiger partial charge on any atom is 0.237 e. The lowest BCUT2D eigenvalue weighted by Crippen LogP contribution is -2.48. The highest BCUT2D eigenvalue weighted by Gasteiger charge is 2.32. The topological polar surface area (TPSA) is 44.4 Å². The molecule has 2 bridgehead atoms. The van der Waals surface area contributed by atoms with Gasteiger partial charge in [0.15, 0.2) is 0 Å². The Kier molecular flexibility index (Phi) is 4.03. The Morgan fingerprint density at radius 3 is 3.06 bits per heavy atom. The van der Waals surface area contributed by atoms with Crippen molar-refractivity contribution in [2.75, 3.05) is 19.6 Å². The van der Waals surface area contributed by atoms with Crippen molar-refractivity contribution in [1.82, 2.24) is 15.5 Å². The van der Waals surface area contributed by atoms with Crippen molar-refractivity contribution in [1.29, 1.82) is 0 Å². The fraction of sp³-hybridized carbons (Fsp3) is 0.769. The molecule has 4 heteroatoms. The Morgan fingerprint density at radius 1 is 1.53 bits per heavy atom. The molecule has 0 spiro atoms. The Morgan fingerprint density at radius 2 is 2.29 bits per heavy atom. The third-order valence-electron chi connectivity index (χ3n) is 3.85. The largest absolute Gasteiger partial charge is 0.344 e. The molecule has 3 unspecified atom stereocenters. The highest BCUT2D eigenvalue weighted by atomic mass is 16.2. The average molecular weight is 235 g/mol. The van der Waals surface area contributed by atoms with Crippen LogP contribution in [-0.2, 0) is 4.79 Å². The second-order valence-corrected chi connectivity index (χ2v) is 5.02. The van der Waals surface area contributed by atoms with E-state index in [9.17, 15) is 4.79 Å². The van der Waals surface area contributed by atoms with Crippen molar-refractivity contribution < 1.29 is 4.79 Å². The number of amides is 1. The van der Waals surface area contributed by atoms with Crippen LogP contribution in [0.2, 0.25) is 0 Å². The SMILES string of the molecule is C#CCNC(=O)C(C)N1CCC2CCC(C1)N2. The van der Waals surface area contributed by atoms with Crippen LogP contribution < -0.4 is 10.6 Å². The van der Waals surface area contributed by atoms with Crippen molar-refractivity contribution in [2.24, 2.45) is 0 Å². The number of likely N-dealkylation sites (tertiary alicyclic amines) is 1. The molecule has 2 heterocycles. The van der Waals surface area contributed by atoms with Gasteiger partial charge in [0.25, 0.3) is 0 Å². The first-order chi connectivity index (χ1) is 8.20. The molecule has 2 N–H and O–H groups in total. The normalized spacial score (nSPS) is 30.4. The zero-order chi connectivity index (χ0) is 12.3. The number of carbonyl (C=O) groups excluding carboxylic acids is 1. The summed E-state index contributed by atoms with van der Waals surface area (Å²) in [7, 11) is 0. The van der Waals surface area contributed by atoms with E-state index in [4.69, 9.17) is 6.42 Å². The molecule has 2 aliphatic heterocycles. The Hall–Kier alpha value is -1.05. The molecule has 17 heavy (non-hydrogen) atoms. The quantitative estimate of drug-likeness (QED) is 0.674. The van der Waals surface area contributed by atoms with Gasteiger partial charge in [0.1, 0.15) is 0 Å². The molecule has 2 rings (SSSR count). The van der Waals surface area contributed by atoms with Crippen LogP contribution in [0.4, 0.5) is 0 Å². The molecule has 0 aromatic carbocycles. The number of fused-ring (bicyclic) bond motifs is 2. The standard InChI is InChI=1S/C13H21N3O/c1-3-7-14-13(17)10(2)16-8-6-11-4-5-12(9-16)15-11/h1,10-12,15H,4-9H2,2H3,(H,14,17). The Bertz CT molecular complexity index is 323. The fourth-order valence-electron chi connectivity index (χ4n) is 2.77. The summed E-state index contributed by atoms with van der Waals surface area (Å²) in [4.78, 5) is 14.1. The van der Waals surface area contributed by atoms with Gasteiger partial charge in [-0.1, -0.05) is 5.92 Å². The molecule has 94 valence electrons. The Balaban J connectivity index is 1.88. The smallest absolute Gasteiger partial charge is 0.237 e. The van der Waals surface area contributed by atoms with Gasteiger partial charge in [-0.2, -0.15) is 0 Å². The van der Waals surface area contributed by atoms with Gasteiger partial charge < -0.3 is 10.6 Å². The lowest BCUT2D eigenvalue weighted by atomic mass is 10.1. The summed E-state index contributed by atoms with van der Waals surface area (Å²) in [5.74, 6) is 2.48. The minimum absolute atomic E-state index is 0.0423. The van der Waals surface area contributed by atoms with Gasteiger partial charge in [-0.25, -0.2) is 0 Å². The zero-order valence-corrected chi connectivity index (χ0v) is 10.4. The summed E-state index contributed by atoms with van der Waals surface area (Å²) >= 11 is 0. The molecule has 0 radical (unpaired) electrons. The van der Waals surface area contributed by atoms with Gasteiger partial charge in [-0.15, -0.1) is 6.42 Å². The van der Waals surface area contributed by atoms with E-state index in [2.05, 4.69) is 21.5 Å². The van der Waals surface area contributed by atoms with E-state index < -0.39 is 0 Å². The number of nitrogens with one attached hydrogen (secondary N) is 2. The van der Waals surface area contributed by atoms with E-state index in [0.717, 1.165) is 19.5 Å². The summed E-state index contributed by atoms with van der Waals surface area (Å²) in [6.07, 6.45) is 8.81. The molecule has 2 fully saturated rings. The second kappa shape index (κ2) is 5.52. The number of terminal acetylenes is 1. The predicted molar refractivity (Wildman–Crippen MR) is 67.4 cm³/mol. The molecule has 2 saturated heterocycles.